The van der Waals surface area contributed by atoms with Crippen molar-refractivity contribution < 1.29 is 4.92 Å². The highest BCUT2D eigenvalue weighted by Crippen LogP contribution is 2.43. The zero-order valence-corrected chi connectivity index (χ0v) is 14.0. The molecule has 24 heavy (non-hydrogen) atoms. The van der Waals surface area contributed by atoms with Crippen LogP contribution in [0, 0.1) is 27.9 Å². The van der Waals surface area contributed by atoms with Crippen LogP contribution in [-0.2, 0) is 6.54 Å². The maximum absolute atomic E-state index is 11.1. The second-order valence-corrected chi connectivity index (χ2v) is 7.50. The van der Waals surface area contributed by atoms with Crippen LogP contribution in [0.15, 0.2) is 36.4 Å². The fourth-order valence-corrected chi connectivity index (χ4v) is 4.63. The Balaban J connectivity index is 1.29. The normalized spacial score (nSPS) is 30.1. The Hall–Kier alpha value is -1.72. The van der Waals surface area contributed by atoms with E-state index in [2.05, 4.69) is 22.0 Å². The van der Waals surface area contributed by atoms with Crippen LogP contribution in [0.25, 0.3) is 0 Å². The molecule has 0 unspecified atom stereocenters. The van der Waals surface area contributed by atoms with E-state index >= 15 is 0 Å². The van der Waals surface area contributed by atoms with Crippen LogP contribution in [0.2, 0.25) is 0 Å². The second-order valence-electron chi connectivity index (χ2n) is 7.50. The lowest BCUT2D eigenvalue weighted by molar-refractivity contribution is -0.385. The van der Waals surface area contributed by atoms with Crippen molar-refractivity contribution >= 4 is 5.69 Å². The van der Waals surface area contributed by atoms with Gasteiger partial charge in [0.2, 0.25) is 0 Å². The van der Waals surface area contributed by atoms with Crippen molar-refractivity contribution in [1.82, 2.24) is 9.80 Å². The number of piperazine rings is 1. The number of nitro benzene ring substituents is 1. The molecule has 2 aliphatic carbocycles. The van der Waals surface area contributed by atoms with Gasteiger partial charge in [0.15, 0.2) is 0 Å². The summed E-state index contributed by atoms with van der Waals surface area (Å²) in [6.45, 7) is 6.08. The SMILES string of the molecule is O=[N+]([O-])c1ccccc1CN1CCN(C[C@@H]2C[C@@H]3C=C[C@@H]2C3)CC1. The van der Waals surface area contributed by atoms with Gasteiger partial charge >= 0.3 is 0 Å². The molecule has 0 amide bonds. The van der Waals surface area contributed by atoms with Gasteiger partial charge in [-0.25, -0.2) is 0 Å². The van der Waals surface area contributed by atoms with Crippen LogP contribution in [-0.4, -0.2) is 47.4 Å². The number of para-hydroxylation sites is 1. The minimum Gasteiger partial charge on any atom is -0.300 e. The quantitative estimate of drug-likeness (QED) is 0.474. The molecule has 3 aliphatic rings. The van der Waals surface area contributed by atoms with Crippen molar-refractivity contribution in [2.45, 2.75) is 19.4 Å². The topological polar surface area (TPSA) is 49.6 Å². The van der Waals surface area contributed by atoms with Crippen molar-refractivity contribution in [3.8, 4) is 0 Å². The molecule has 2 fully saturated rings. The van der Waals surface area contributed by atoms with Crippen molar-refractivity contribution in [1.29, 1.82) is 0 Å². The van der Waals surface area contributed by atoms with Gasteiger partial charge in [0.25, 0.3) is 5.69 Å². The second kappa shape index (κ2) is 6.65. The Morgan fingerprint density at radius 1 is 1.04 bits per heavy atom. The highest BCUT2D eigenvalue weighted by atomic mass is 16.6. The summed E-state index contributed by atoms with van der Waals surface area (Å²) in [5.74, 6) is 2.52. The number of fused-ring (bicyclic) bond motifs is 2. The Morgan fingerprint density at radius 3 is 2.46 bits per heavy atom. The third kappa shape index (κ3) is 3.23. The first-order chi connectivity index (χ1) is 11.7. The molecule has 2 bridgehead atoms. The number of nitro groups is 1. The zero-order valence-electron chi connectivity index (χ0n) is 14.0. The number of rotatable bonds is 5. The molecule has 1 saturated heterocycles. The molecule has 5 nitrogen and oxygen atoms in total. The number of allylic oxidation sites excluding steroid dienone is 2. The van der Waals surface area contributed by atoms with Gasteiger partial charge in [-0.3, -0.25) is 15.0 Å². The standard InChI is InChI=1S/C19H25N3O2/c23-22(24)19-4-2-1-3-17(19)13-20-7-9-21(10-8-20)14-18-12-15-5-6-16(18)11-15/h1-6,15-16,18H,7-14H2/t15-,16-,18+/m1/s1. The lowest BCUT2D eigenvalue weighted by atomic mass is 9.93. The summed E-state index contributed by atoms with van der Waals surface area (Å²) in [5.41, 5.74) is 1.07. The summed E-state index contributed by atoms with van der Waals surface area (Å²) in [6, 6.07) is 7.12. The van der Waals surface area contributed by atoms with Crippen LogP contribution >= 0.6 is 0 Å². The molecule has 1 aliphatic heterocycles. The molecule has 0 spiro atoms. The molecule has 3 atom stereocenters. The van der Waals surface area contributed by atoms with Crippen molar-refractivity contribution in [2.24, 2.45) is 17.8 Å². The van der Waals surface area contributed by atoms with E-state index in [1.165, 1.54) is 19.4 Å². The maximum atomic E-state index is 11.1. The zero-order chi connectivity index (χ0) is 16.5. The van der Waals surface area contributed by atoms with E-state index in [9.17, 15) is 10.1 Å². The third-order valence-electron chi connectivity index (χ3n) is 5.96. The van der Waals surface area contributed by atoms with Gasteiger partial charge in [-0.2, -0.15) is 0 Å². The minimum absolute atomic E-state index is 0.244. The van der Waals surface area contributed by atoms with Gasteiger partial charge in [-0.05, 0) is 30.6 Å². The Morgan fingerprint density at radius 2 is 1.79 bits per heavy atom. The smallest absolute Gasteiger partial charge is 0.273 e. The Kier molecular flexibility index (Phi) is 4.37. The molecule has 1 heterocycles. The maximum Gasteiger partial charge on any atom is 0.273 e. The Labute approximate surface area is 143 Å². The van der Waals surface area contributed by atoms with E-state index < -0.39 is 0 Å². The first-order valence-corrected chi connectivity index (χ1v) is 9.04. The van der Waals surface area contributed by atoms with Gasteiger partial charge in [0.1, 0.15) is 0 Å². The van der Waals surface area contributed by atoms with Crippen LogP contribution < -0.4 is 0 Å². The number of nitrogens with zero attached hydrogens (tertiary/aromatic N) is 3. The van der Waals surface area contributed by atoms with E-state index in [0.29, 0.717) is 6.54 Å². The van der Waals surface area contributed by atoms with Gasteiger partial charge < -0.3 is 4.90 Å². The van der Waals surface area contributed by atoms with Gasteiger partial charge in [0.05, 0.1) is 4.92 Å². The fourth-order valence-electron chi connectivity index (χ4n) is 4.63. The minimum atomic E-state index is -0.270. The molecular weight excluding hydrogens is 302 g/mol. The molecule has 1 aromatic carbocycles. The summed E-state index contributed by atoms with van der Waals surface area (Å²) < 4.78 is 0. The van der Waals surface area contributed by atoms with E-state index in [-0.39, 0.29) is 10.6 Å². The van der Waals surface area contributed by atoms with Gasteiger partial charge in [0, 0.05) is 50.9 Å². The molecule has 1 aromatic rings. The number of hydrogen-bond acceptors (Lipinski definition) is 4. The average Bonchev–Trinajstić information content (AvgIpc) is 3.20. The molecular formula is C19H25N3O2. The van der Waals surface area contributed by atoms with E-state index in [1.807, 2.05) is 12.1 Å². The summed E-state index contributed by atoms with van der Waals surface area (Å²) in [7, 11) is 0. The highest BCUT2D eigenvalue weighted by molar-refractivity contribution is 5.39. The largest absolute Gasteiger partial charge is 0.300 e. The number of hydrogen-bond donors (Lipinski definition) is 0. The van der Waals surface area contributed by atoms with Crippen molar-refractivity contribution in [3.05, 3.63) is 52.1 Å². The summed E-state index contributed by atoms with van der Waals surface area (Å²) in [5, 5.41) is 11.1. The monoisotopic (exact) mass is 327 g/mol. The van der Waals surface area contributed by atoms with Crippen molar-refractivity contribution in [2.75, 3.05) is 32.7 Å². The molecule has 0 aromatic heterocycles. The molecule has 5 heteroatoms. The highest BCUT2D eigenvalue weighted by Gasteiger charge is 2.36. The summed E-state index contributed by atoms with van der Waals surface area (Å²) in [6.07, 6.45) is 7.59. The molecule has 0 N–H and O–H groups in total. The first-order valence-electron chi connectivity index (χ1n) is 9.04. The van der Waals surface area contributed by atoms with Crippen LogP contribution in [0.5, 0.6) is 0 Å². The third-order valence-corrected chi connectivity index (χ3v) is 5.96. The van der Waals surface area contributed by atoms with Crippen molar-refractivity contribution in [3.63, 3.8) is 0 Å². The lowest BCUT2D eigenvalue weighted by Gasteiger charge is -2.36. The van der Waals surface area contributed by atoms with Crippen LogP contribution in [0.3, 0.4) is 0 Å². The summed E-state index contributed by atoms with van der Waals surface area (Å²) in [4.78, 5) is 15.8. The first kappa shape index (κ1) is 15.8. The average molecular weight is 327 g/mol. The molecule has 128 valence electrons. The lowest BCUT2D eigenvalue weighted by Crippen LogP contribution is -2.47. The van der Waals surface area contributed by atoms with Gasteiger partial charge in [-0.1, -0.05) is 30.4 Å². The van der Waals surface area contributed by atoms with E-state index in [4.69, 9.17) is 0 Å². The van der Waals surface area contributed by atoms with E-state index in [1.54, 1.807) is 12.1 Å². The van der Waals surface area contributed by atoms with Crippen LogP contribution in [0.1, 0.15) is 18.4 Å². The van der Waals surface area contributed by atoms with E-state index in [0.717, 1.165) is 49.5 Å². The molecule has 4 rings (SSSR count). The fraction of sp³-hybridized carbons (Fsp3) is 0.579. The molecule has 1 saturated carbocycles. The van der Waals surface area contributed by atoms with Crippen LogP contribution in [0.4, 0.5) is 5.69 Å². The summed E-state index contributed by atoms with van der Waals surface area (Å²) >= 11 is 0. The number of benzene rings is 1. The predicted molar refractivity (Wildman–Crippen MR) is 93.7 cm³/mol. The Bertz CT molecular complexity index is 637. The van der Waals surface area contributed by atoms with Gasteiger partial charge in [-0.15, -0.1) is 0 Å². The molecule has 0 radical (unpaired) electrons. The predicted octanol–water partition coefficient (Wildman–Crippen LogP) is 2.92.